The lowest BCUT2D eigenvalue weighted by Crippen LogP contribution is -2.39. The van der Waals surface area contributed by atoms with Gasteiger partial charge < -0.3 is 19.7 Å². The highest BCUT2D eigenvalue weighted by Crippen LogP contribution is 2.23. The Morgan fingerprint density at radius 2 is 1.74 bits per heavy atom. The summed E-state index contributed by atoms with van der Waals surface area (Å²) in [7, 11) is 0. The summed E-state index contributed by atoms with van der Waals surface area (Å²) >= 11 is 0. The maximum atomic E-state index is 5.51. The first-order valence-electron chi connectivity index (χ1n) is 11.0. The molecule has 4 rings (SSSR count). The second-order valence-electron chi connectivity index (χ2n) is 7.86. The van der Waals surface area contributed by atoms with E-state index >= 15 is 0 Å². The fourth-order valence-corrected chi connectivity index (χ4v) is 3.76. The molecular weight excluding hydrogens is 392 g/mol. The zero-order valence-corrected chi connectivity index (χ0v) is 18.2. The second-order valence-corrected chi connectivity index (χ2v) is 7.86. The van der Waals surface area contributed by atoms with Crippen molar-refractivity contribution >= 4 is 23.5 Å². The Hall–Kier alpha value is -2.68. The van der Waals surface area contributed by atoms with Crippen LogP contribution >= 0.6 is 0 Å². The average molecular weight is 425 g/mol. The minimum Gasteiger partial charge on any atom is -0.379 e. The molecule has 1 aromatic heterocycles. The summed E-state index contributed by atoms with van der Waals surface area (Å²) in [6.07, 6.45) is 1.82. The van der Waals surface area contributed by atoms with E-state index in [2.05, 4.69) is 50.8 Å². The molecule has 0 atom stereocenters. The van der Waals surface area contributed by atoms with Crippen LogP contribution in [0.2, 0.25) is 0 Å². The number of nitrogens with one attached hydrogen (secondary N) is 2. The van der Waals surface area contributed by atoms with Gasteiger partial charge in [0.1, 0.15) is 5.82 Å². The molecule has 1 aromatic carbocycles. The minimum absolute atomic E-state index is 0.724. The van der Waals surface area contributed by atoms with Gasteiger partial charge in [0.25, 0.3) is 0 Å². The van der Waals surface area contributed by atoms with Gasteiger partial charge in [-0.3, -0.25) is 10.3 Å². The van der Waals surface area contributed by atoms with Crippen molar-refractivity contribution in [3.8, 4) is 0 Å². The van der Waals surface area contributed by atoms with Gasteiger partial charge in [-0.1, -0.05) is 29.8 Å². The van der Waals surface area contributed by atoms with E-state index in [-0.39, 0.29) is 0 Å². The van der Waals surface area contributed by atoms with Crippen LogP contribution in [0.3, 0.4) is 0 Å². The van der Waals surface area contributed by atoms with Crippen LogP contribution in [0.25, 0.3) is 0 Å². The predicted octanol–water partition coefficient (Wildman–Crippen LogP) is 2.42. The largest absolute Gasteiger partial charge is 0.379 e. The first-order chi connectivity index (χ1) is 15.3. The molecule has 166 valence electrons. The number of hydrogen-bond acceptors (Lipinski definition) is 8. The number of nitrogens with zero attached hydrogens (tertiary/aromatic N) is 4. The van der Waals surface area contributed by atoms with Crippen LogP contribution in [0.4, 0.5) is 17.3 Å². The maximum absolute atomic E-state index is 5.51. The summed E-state index contributed by atoms with van der Waals surface area (Å²) in [4.78, 5) is 9.46. The molecule has 2 aromatic rings. The number of morpholine rings is 2. The normalized spacial score (nSPS) is 17.8. The molecule has 3 heterocycles. The molecule has 0 radical (unpaired) electrons. The fourth-order valence-electron chi connectivity index (χ4n) is 3.76. The van der Waals surface area contributed by atoms with Gasteiger partial charge in [-0.05, 0) is 12.5 Å². The van der Waals surface area contributed by atoms with E-state index in [9.17, 15) is 0 Å². The summed E-state index contributed by atoms with van der Waals surface area (Å²) in [5.74, 6) is 1.58. The molecular formula is C23H32N6O2. The number of hydrazone groups is 1. The van der Waals surface area contributed by atoms with Gasteiger partial charge >= 0.3 is 0 Å². The highest BCUT2D eigenvalue weighted by Gasteiger charge is 2.14. The number of rotatable bonds is 8. The van der Waals surface area contributed by atoms with Crippen molar-refractivity contribution in [2.24, 2.45) is 5.10 Å². The van der Waals surface area contributed by atoms with Crippen LogP contribution in [0, 0.1) is 6.92 Å². The molecule has 2 fully saturated rings. The van der Waals surface area contributed by atoms with Gasteiger partial charge in [-0.25, -0.2) is 4.98 Å². The van der Waals surface area contributed by atoms with Gasteiger partial charge in [-0.15, -0.1) is 0 Å². The van der Waals surface area contributed by atoms with E-state index in [1.807, 2.05) is 24.4 Å². The van der Waals surface area contributed by atoms with Gasteiger partial charge in [0, 0.05) is 57.1 Å². The lowest BCUT2D eigenvalue weighted by molar-refractivity contribution is 0.0398. The Balaban J connectivity index is 1.43. The Bertz CT molecular complexity index is 863. The molecule has 0 saturated carbocycles. The summed E-state index contributed by atoms with van der Waals surface area (Å²) in [6.45, 7) is 10.8. The first-order valence-corrected chi connectivity index (χ1v) is 11.0. The standard InChI is InChI=1S/C23H32N6O2/c1-19-3-2-4-20(15-19)18-25-27-23-17-21(29-9-13-31-14-10-29)16-22(26-23)24-5-6-28-7-11-30-12-8-28/h2-4,15-18H,5-14H2,1H3,(H2,24,26,27)/b25-18+. The molecule has 0 unspecified atom stereocenters. The number of aromatic nitrogens is 1. The Kier molecular flexibility index (Phi) is 7.71. The van der Waals surface area contributed by atoms with E-state index in [1.54, 1.807) is 0 Å². The third kappa shape index (κ3) is 6.65. The molecule has 8 heteroatoms. The topological polar surface area (TPSA) is 74.2 Å². The van der Waals surface area contributed by atoms with Gasteiger partial charge in [-0.2, -0.15) is 5.10 Å². The number of anilines is 3. The number of pyridine rings is 1. The van der Waals surface area contributed by atoms with E-state index in [4.69, 9.17) is 14.5 Å². The monoisotopic (exact) mass is 424 g/mol. The second kappa shape index (κ2) is 11.1. The van der Waals surface area contributed by atoms with Crippen LogP contribution in [0.15, 0.2) is 41.5 Å². The Morgan fingerprint density at radius 3 is 2.52 bits per heavy atom. The average Bonchev–Trinajstić information content (AvgIpc) is 2.80. The number of benzene rings is 1. The number of ether oxygens (including phenoxy) is 2. The van der Waals surface area contributed by atoms with Crippen LogP contribution in [0.1, 0.15) is 11.1 Å². The zero-order chi connectivity index (χ0) is 21.3. The first kappa shape index (κ1) is 21.5. The van der Waals surface area contributed by atoms with E-state index in [1.165, 1.54) is 5.56 Å². The summed E-state index contributed by atoms with van der Waals surface area (Å²) in [5.41, 5.74) is 6.50. The molecule has 0 bridgehead atoms. The van der Waals surface area contributed by atoms with Crippen molar-refractivity contribution in [1.29, 1.82) is 0 Å². The molecule has 2 aliphatic rings. The minimum atomic E-state index is 0.724. The molecule has 2 N–H and O–H groups in total. The Labute approximate surface area is 184 Å². The third-order valence-electron chi connectivity index (χ3n) is 5.46. The van der Waals surface area contributed by atoms with Crippen LogP contribution in [-0.2, 0) is 9.47 Å². The SMILES string of the molecule is Cc1cccc(/C=N/Nc2cc(N3CCOCC3)cc(NCCN3CCOCC3)n2)c1. The predicted molar refractivity (Wildman–Crippen MR) is 125 cm³/mol. The van der Waals surface area contributed by atoms with Crippen molar-refractivity contribution < 1.29 is 9.47 Å². The molecule has 2 saturated heterocycles. The lowest BCUT2D eigenvalue weighted by atomic mass is 10.2. The third-order valence-corrected chi connectivity index (χ3v) is 5.46. The summed E-state index contributed by atoms with van der Waals surface area (Å²) in [5, 5.41) is 7.89. The van der Waals surface area contributed by atoms with Crippen LogP contribution in [0.5, 0.6) is 0 Å². The Morgan fingerprint density at radius 1 is 1.00 bits per heavy atom. The van der Waals surface area contributed by atoms with E-state index in [0.717, 1.165) is 88.6 Å². The smallest absolute Gasteiger partial charge is 0.150 e. The van der Waals surface area contributed by atoms with Gasteiger partial charge in [0.05, 0.1) is 32.6 Å². The summed E-state index contributed by atoms with van der Waals surface area (Å²) < 4.78 is 10.9. The van der Waals surface area contributed by atoms with Crippen molar-refractivity contribution in [1.82, 2.24) is 9.88 Å². The molecule has 0 amide bonds. The lowest BCUT2D eigenvalue weighted by Gasteiger charge is -2.29. The molecule has 2 aliphatic heterocycles. The van der Waals surface area contributed by atoms with Crippen molar-refractivity contribution in [3.63, 3.8) is 0 Å². The highest BCUT2D eigenvalue weighted by molar-refractivity contribution is 5.80. The van der Waals surface area contributed by atoms with Crippen LogP contribution < -0.4 is 15.6 Å². The number of aryl methyl sites for hydroxylation is 1. The molecule has 0 spiro atoms. The fraction of sp³-hybridized carbons (Fsp3) is 0.478. The highest BCUT2D eigenvalue weighted by atomic mass is 16.5. The molecule has 8 nitrogen and oxygen atoms in total. The zero-order valence-electron chi connectivity index (χ0n) is 18.2. The summed E-state index contributed by atoms with van der Waals surface area (Å²) in [6, 6.07) is 12.4. The number of hydrogen-bond donors (Lipinski definition) is 2. The maximum Gasteiger partial charge on any atom is 0.150 e. The van der Waals surface area contributed by atoms with Gasteiger partial charge in [0.15, 0.2) is 5.82 Å². The molecule has 0 aliphatic carbocycles. The van der Waals surface area contributed by atoms with E-state index in [0.29, 0.717) is 0 Å². The van der Waals surface area contributed by atoms with Gasteiger partial charge in [0.2, 0.25) is 0 Å². The quantitative estimate of drug-likeness (QED) is 0.498. The van der Waals surface area contributed by atoms with E-state index < -0.39 is 0 Å². The van der Waals surface area contributed by atoms with Crippen LogP contribution in [-0.4, -0.2) is 81.8 Å². The van der Waals surface area contributed by atoms with Crippen molar-refractivity contribution in [3.05, 3.63) is 47.5 Å². The van der Waals surface area contributed by atoms with Crippen molar-refractivity contribution in [2.75, 3.05) is 81.3 Å². The molecule has 31 heavy (non-hydrogen) atoms. The van der Waals surface area contributed by atoms with Crippen molar-refractivity contribution in [2.45, 2.75) is 6.92 Å².